The van der Waals surface area contributed by atoms with E-state index in [9.17, 15) is 9.59 Å². The first-order chi connectivity index (χ1) is 9.94. The molecule has 5 heteroatoms. The van der Waals surface area contributed by atoms with E-state index in [2.05, 4.69) is 18.4 Å². The van der Waals surface area contributed by atoms with Crippen LogP contribution in [-0.4, -0.2) is 38.9 Å². The Bertz CT molecular complexity index is 410. The number of hydrogen-bond donors (Lipinski definition) is 0. The second-order valence-corrected chi connectivity index (χ2v) is 4.62. The van der Waals surface area contributed by atoms with E-state index in [1.54, 1.807) is 20.8 Å². The van der Waals surface area contributed by atoms with Gasteiger partial charge in [0.15, 0.2) is 5.41 Å². The minimum absolute atomic E-state index is 0.0148. The Labute approximate surface area is 126 Å². The van der Waals surface area contributed by atoms with Crippen LogP contribution in [0.2, 0.25) is 0 Å². The van der Waals surface area contributed by atoms with E-state index in [4.69, 9.17) is 14.2 Å². The van der Waals surface area contributed by atoms with E-state index in [1.165, 1.54) is 7.11 Å². The third kappa shape index (κ3) is 6.01. The zero-order chi connectivity index (χ0) is 16.3. The Balaban J connectivity index is 5.50. The normalized spacial score (nSPS) is 10.3. The maximum Gasteiger partial charge on any atom is 0.324 e. The fourth-order valence-corrected chi connectivity index (χ4v) is 1.82. The number of ether oxygens (including phenoxy) is 3. The fraction of sp³-hybridized carbons (Fsp3) is 0.625. The van der Waals surface area contributed by atoms with Crippen molar-refractivity contribution in [2.24, 2.45) is 5.41 Å². The molecule has 21 heavy (non-hydrogen) atoms. The smallest absolute Gasteiger partial charge is 0.324 e. The standard InChI is InChI=1S/C16H24O5/c1-6-20-14(17)16(12-13(3)4,15(18)21-7-2)10-8-9-11-19-5/h3,6-7,10-12H2,1-2,4-5H3. The lowest BCUT2D eigenvalue weighted by Gasteiger charge is -2.27. The van der Waals surface area contributed by atoms with Gasteiger partial charge in [-0.2, -0.15) is 0 Å². The van der Waals surface area contributed by atoms with Gasteiger partial charge in [-0.05, 0) is 27.2 Å². The van der Waals surface area contributed by atoms with Gasteiger partial charge in [0.2, 0.25) is 0 Å². The van der Waals surface area contributed by atoms with Crippen molar-refractivity contribution in [2.45, 2.75) is 33.6 Å². The van der Waals surface area contributed by atoms with Crippen LogP contribution in [0.5, 0.6) is 0 Å². The van der Waals surface area contributed by atoms with Crippen molar-refractivity contribution in [1.29, 1.82) is 0 Å². The molecule has 0 spiro atoms. The highest BCUT2D eigenvalue weighted by atomic mass is 16.6. The summed E-state index contributed by atoms with van der Waals surface area (Å²) in [6, 6.07) is 0. The van der Waals surface area contributed by atoms with E-state index in [0.717, 1.165) is 0 Å². The van der Waals surface area contributed by atoms with E-state index < -0.39 is 17.4 Å². The summed E-state index contributed by atoms with van der Waals surface area (Å²) in [5, 5.41) is 0. The fourth-order valence-electron chi connectivity index (χ4n) is 1.82. The molecule has 0 aromatic carbocycles. The van der Waals surface area contributed by atoms with Crippen molar-refractivity contribution in [3.63, 3.8) is 0 Å². The van der Waals surface area contributed by atoms with Gasteiger partial charge in [-0.15, -0.1) is 6.58 Å². The van der Waals surface area contributed by atoms with Crippen LogP contribution >= 0.6 is 0 Å². The van der Waals surface area contributed by atoms with Crippen LogP contribution in [0.15, 0.2) is 12.2 Å². The average Bonchev–Trinajstić information content (AvgIpc) is 2.42. The molecule has 118 valence electrons. The highest BCUT2D eigenvalue weighted by Crippen LogP contribution is 2.33. The van der Waals surface area contributed by atoms with Gasteiger partial charge in [-0.25, -0.2) is 0 Å². The predicted molar refractivity (Wildman–Crippen MR) is 79.4 cm³/mol. The summed E-state index contributed by atoms with van der Waals surface area (Å²) in [5.74, 6) is 4.28. The maximum atomic E-state index is 12.3. The van der Waals surface area contributed by atoms with Crippen molar-refractivity contribution in [2.75, 3.05) is 26.9 Å². The van der Waals surface area contributed by atoms with Gasteiger partial charge in [0, 0.05) is 13.5 Å². The molecule has 0 fully saturated rings. The molecule has 0 rings (SSSR count). The molecule has 0 saturated carbocycles. The highest BCUT2D eigenvalue weighted by molar-refractivity contribution is 6.00. The minimum Gasteiger partial charge on any atom is -0.465 e. The lowest BCUT2D eigenvalue weighted by atomic mass is 9.79. The summed E-state index contributed by atoms with van der Waals surface area (Å²) in [6.45, 7) is 9.49. The van der Waals surface area contributed by atoms with E-state index in [0.29, 0.717) is 5.57 Å². The van der Waals surface area contributed by atoms with Gasteiger partial charge in [-0.3, -0.25) is 9.59 Å². The van der Waals surface area contributed by atoms with Gasteiger partial charge in [0.25, 0.3) is 0 Å². The molecule has 0 heterocycles. The molecule has 0 aromatic rings. The number of rotatable bonds is 8. The Kier molecular flexibility index (Phi) is 9.15. The van der Waals surface area contributed by atoms with Gasteiger partial charge >= 0.3 is 11.9 Å². The van der Waals surface area contributed by atoms with Crippen molar-refractivity contribution < 1.29 is 23.8 Å². The number of allylic oxidation sites excluding steroid dienone is 1. The average molecular weight is 296 g/mol. The molecule has 0 amide bonds. The summed E-state index contributed by atoms with van der Waals surface area (Å²) >= 11 is 0. The molecular weight excluding hydrogens is 272 g/mol. The summed E-state index contributed by atoms with van der Waals surface area (Å²) in [4.78, 5) is 24.6. The third-order valence-electron chi connectivity index (χ3n) is 2.67. The highest BCUT2D eigenvalue weighted by Gasteiger charge is 2.48. The zero-order valence-corrected chi connectivity index (χ0v) is 13.3. The van der Waals surface area contributed by atoms with Crippen LogP contribution < -0.4 is 0 Å². The van der Waals surface area contributed by atoms with Crippen LogP contribution in [0.4, 0.5) is 0 Å². The molecule has 0 aliphatic heterocycles. The molecule has 0 saturated heterocycles. The van der Waals surface area contributed by atoms with Crippen LogP contribution in [0.1, 0.15) is 33.6 Å². The molecule has 0 aliphatic rings. The molecule has 0 N–H and O–H groups in total. The van der Waals surface area contributed by atoms with E-state index in [1.807, 2.05) is 0 Å². The second kappa shape index (κ2) is 10.0. The summed E-state index contributed by atoms with van der Waals surface area (Å²) in [5.41, 5.74) is -0.775. The molecule has 0 bridgehead atoms. The first kappa shape index (κ1) is 19.2. The van der Waals surface area contributed by atoms with Gasteiger partial charge in [-0.1, -0.05) is 17.4 Å². The quantitative estimate of drug-likeness (QED) is 0.297. The number of hydrogen-bond acceptors (Lipinski definition) is 5. The van der Waals surface area contributed by atoms with Crippen molar-refractivity contribution in [3.05, 3.63) is 12.2 Å². The van der Waals surface area contributed by atoms with Crippen molar-refractivity contribution >= 4 is 11.9 Å². The monoisotopic (exact) mass is 296 g/mol. The second-order valence-electron chi connectivity index (χ2n) is 4.62. The molecule has 0 aromatic heterocycles. The van der Waals surface area contributed by atoms with E-state index in [-0.39, 0.29) is 32.7 Å². The molecule has 0 aliphatic carbocycles. The van der Waals surface area contributed by atoms with Gasteiger partial charge in [0.05, 0.1) is 13.2 Å². The minimum atomic E-state index is -1.46. The van der Waals surface area contributed by atoms with Crippen molar-refractivity contribution in [1.82, 2.24) is 0 Å². The Hall–Kier alpha value is -1.80. The summed E-state index contributed by atoms with van der Waals surface area (Å²) in [7, 11) is 1.52. The lowest BCUT2D eigenvalue weighted by Crippen LogP contribution is -2.42. The number of esters is 2. The molecule has 0 unspecified atom stereocenters. The predicted octanol–water partition coefficient (Wildman–Crippen LogP) is 2.11. The number of carbonyl (C=O) groups is 2. The largest absolute Gasteiger partial charge is 0.465 e. The van der Waals surface area contributed by atoms with Gasteiger partial charge < -0.3 is 14.2 Å². The first-order valence-corrected chi connectivity index (χ1v) is 6.88. The number of methoxy groups -OCH3 is 1. The Morgan fingerprint density at radius 1 is 1.10 bits per heavy atom. The Morgan fingerprint density at radius 3 is 2.00 bits per heavy atom. The van der Waals surface area contributed by atoms with Crippen LogP contribution in [0.3, 0.4) is 0 Å². The van der Waals surface area contributed by atoms with Crippen LogP contribution in [0.25, 0.3) is 0 Å². The molecule has 0 atom stereocenters. The third-order valence-corrected chi connectivity index (χ3v) is 2.67. The van der Waals surface area contributed by atoms with Gasteiger partial charge in [0.1, 0.15) is 6.61 Å². The topological polar surface area (TPSA) is 61.8 Å². The molecular formula is C16H24O5. The summed E-state index contributed by atoms with van der Waals surface area (Å²) in [6.07, 6.45) is 0.160. The van der Waals surface area contributed by atoms with E-state index >= 15 is 0 Å². The molecule has 5 nitrogen and oxygen atoms in total. The summed E-state index contributed by atoms with van der Waals surface area (Å²) < 4.78 is 14.9. The lowest BCUT2D eigenvalue weighted by molar-refractivity contribution is -0.171. The van der Waals surface area contributed by atoms with Crippen molar-refractivity contribution in [3.8, 4) is 11.8 Å². The Morgan fingerprint density at radius 2 is 1.62 bits per heavy atom. The van der Waals surface area contributed by atoms with Crippen LogP contribution in [-0.2, 0) is 23.8 Å². The van der Waals surface area contributed by atoms with Crippen LogP contribution in [0, 0.1) is 17.3 Å². The SMILES string of the molecule is C=C(C)CC(CC#CCOC)(C(=O)OCC)C(=O)OCC. The maximum absolute atomic E-state index is 12.3. The number of carbonyl (C=O) groups excluding carboxylic acids is 2. The molecule has 0 radical (unpaired) electrons. The zero-order valence-electron chi connectivity index (χ0n) is 13.3. The first-order valence-electron chi connectivity index (χ1n) is 6.88.